The van der Waals surface area contributed by atoms with Crippen molar-refractivity contribution < 1.29 is 36.2 Å². The highest BCUT2D eigenvalue weighted by Gasteiger charge is 2.45. The van der Waals surface area contributed by atoms with Crippen LogP contribution < -0.4 is 10.2 Å². The number of piperidine rings is 1. The van der Waals surface area contributed by atoms with E-state index < -0.39 is 41.8 Å². The van der Waals surface area contributed by atoms with Crippen LogP contribution in [0.25, 0.3) is 11.0 Å². The third-order valence-corrected chi connectivity index (χ3v) is 7.90. The molecule has 4 heterocycles. The molecule has 2 bridgehead atoms. The Labute approximate surface area is 203 Å². The second kappa shape index (κ2) is 8.95. The van der Waals surface area contributed by atoms with E-state index >= 15 is 0 Å². The summed E-state index contributed by atoms with van der Waals surface area (Å²) in [5.74, 6) is -2.22. The summed E-state index contributed by atoms with van der Waals surface area (Å²) in [6.45, 7) is 0. The third-order valence-electron chi connectivity index (χ3n) is 7.90. The van der Waals surface area contributed by atoms with E-state index in [0.29, 0.717) is 18.7 Å². The predicted octanol–water partition coefficient (Wildman–Crippen LogP) is 6.01. The van der Waals surface area contributed by atoms with Crippen molar-refractivity contribution in [2.75, 3.05) is 10.2 Å². The molecule has 196 valence electrons. The Kier molecular flexibility index (Phi) is 6.19. The summed E-state index contributed by atoms with van der Waals surface area (Å²) < 4.78 is 81.3. The topological polar surface area (TPSA) is 78.4 Å². The first-order valence-corrected chi connectivity index (χ1v) is 12.1. The summed E-state index contributed by atoms with van der Waals surface area (Å²) >= 11 is 0. The molecule has 2 N–H and O–H groups in total. The van der Waals surface area contributed by atoms with Gasteiger partial charge in [-0.2, -0.15) is 26.3 Å². The molecule has 36 heavy (non-hydrogen) atoms. The molecule has 0 amide bonds. The van der Waals surface area contributed by atoms with Gasteiger partial charge in [-0.25, -0.2) is 9.97 Å². The number of anilines is 2. The number of rotatable bonds is 4. The Bertz CT molecular complexity index is 1130. The van der Waals surface area contributed by atoms with Crippen molar-refractivity contribution in [2.24, 2.45) is 11.8 Å². The van der Waals surface area contributed by atoms with E-state index in [9.17, 15) is 36.2 Å². The van der Waals surface area contributed by atoms with Gasteiger partial charge in [-0.3, -0.25) is 4.79 Å². The molecule has 2 saturated heterocycles. The van der Waals surface area contributed by atoms with E-state index in [0.717, 1.165) is 19.0 Å². The minimum atomic E-state index is -4.73. The van der Waals surface area contributed by atoms with E-state index in [1.807, 2.05) is 4.90 Å². The molecule has 2 unspecified atom stereocenters. The zero-order chi connectivity index (χ0) is 25.8. The van der Waals surface area contributed by atoms with Crippen LogP contribution in [0.1, 0.15) is 56.9 Å². The second-order valence-corrected chi connectivity index (χ2v) is 10.1. The lowest BCUT2D eigenvalue weighted by Gasteiger charge is -2.38. The molecule has 2 aliphatic heterocycles. The number of hydrogen-bond acceptors (Lipinski definition) is 5. The van der Waals surface area contributed by atoms with Crippen molar-refractivity contribution in [1.29, 1.82) is 0 Å². The van der Waals surface area contributed by atoms with E-state index in [2.05, 4.69) is 15.3 Å². The fraction of sp³-hybridized carbons (Fsp3) is 0.625. The first-order chi connectivity index (χ1) is 16.9. The Morgan fingerprint density at radius 2 is 1.61 bits per heavy atom. The SMILES string of the molecule is O=C(O)C1CC2CCC(C1)N2c1ccc2c(C(F)(F)F)c(NC3CCC(C(F)(F)F)CC3)cnc2n1. The van der Waals surface area contributed by atoms with Crippen LogP contribution in [-0.4, -0.2) is 45.3 Å². The van der Waals surface area contributed by atoms with Gasteiger partial charge in [-0.05, 0) is 63.5 Å². The molecule has 0 spiro atoms. The number of fused-ring (bicyclic) bond motifs is 3. The summed E-state index contributed by atoms with van der Waals surface area (Å²) in [4.78, 5) is 22.1. The third kappa shape index (κ3) is 4.66. The van der Waals surface area contributed by atoms with Crippen LogP contribution >= 0.6 is 0 Å². The average molecular weight is 516 g/mol. The molecule has 2 aromatic heterocycles. The molecule has 0 radical (unpaired) electrons. The van der Waals surface area contributed by atoms with Crippen LogP contribution in [0.4, 0.5) is 37.8 Å². The van der Waals surface area contributed by atoms with Crippen molar-refractivity contribution in [1.82, 2.24) is 9.97 Å². The number of aromatic nitrogens is 2. The van der Waals surface area contributed by atoms with Gasteiger partial charge in [0.05, 0.1) is 29.3 Å². The van der Waals surface area contributed by atoms with E-state index in [1.54, 1.807) is 0 Å². The number of aliphatic carboxylic acids is 1. The molecular weight excluding hydrogens is 490 g/mol. The number of alkyl halides is 6. The maximum Gasteiger partial charge on any atom is 0.419 e. The summed E-state index contributed by atoms with van der Waals surface area (Å²) in [6.07, 6.45) is -5.46. The van der Waals surface area contributed by atoms with Crippen LogP contribution in [0.3, 0.4) is 0 Å². The van der Waals surface area contributed by atoms with Gasteiger partial charge in [0.15, 0.2) is 5.65 Å². The normalized spacial score (nSPS) is 28.9. The highest BCUT2D eigenvalue weighted by atomic mass is 19.4. The van der Waals surface area contributed by atoms with Crippen LogP contribution in [0.2, 0.25) is 0 Å². The fourth-order valence-corrected chi connectivity index (χ4v) is 6.16. The number of nitrogens with zero attached hydrogens (tertiary/aromatic N) is 3. The van der Waals surface area contributed by atoms with Crippen LogP contribution in [0.15, 0.2) is 18.3 Å². The van der Waals surface area contributed by atoms with Crippen molar-refractivity contribution in [3.63, 3.8) is 0 Å². The first-order valence-electron chi connectivity index (χ1n) is 12.1. The van der Waals surface area contributed by atoms with Gasteiger partial charge < -0.3 is 15.3 Å². The molecule has 1 aliphatic carbocycles. The molecular formula is C24H26F6N4O2. The van der Waals surface area contributed by atoms with Gasteiger partial charge >= 0.3 is 18.3 Å². The number of carboxylic acids is 1. The lowest BCUT2D eigenvalue weighted by molar-refractivity contribution is -0.182. The van der Waals surface area contributed by atoms with Gasteiger partial charge in [0, 0.05) is 23.5 Å². The first kappa shape index (κ1) is 24.9. The lowest BCUT2D eigenvalue weighted by atomic mass is 9.85. The van der Waals surface area contributed by atoms with Crippen molar-refractivity contribution in [3.8, 4) is 0 Å². The van der Waals surface area contributed by atoms with Crippen molar-refractivity contribution >= 4 is 28.5 Å². The fourth-order valence-electron chi connectivity index (χ4n) is 6.16. The zero-order valence-corrected chi connectivity index (χ0v) is 19.2. The average Bonchev–Trinajstić information content (AvgIpc) is 3.06. The molecule has 3 aliphatic rings. The molecule has 3 fully saturated rings. The summed E-state index contributed by atoms with van der Waals surface area (Å²) in [5.41, 5.74) is -1.27. The maximum absolute atomic E-state index is 14.1. The van der Waals surface area contributed by atoms with E-state index in [-0.39, 0.29) is 54.5 Å². The lowest BCUT2D eigenvalue weighted by Crippen LogP contribution is -2.45. The second-order valence-electron chi connectivity index (χ2n) is 10.1. The molecule has 1 saturated carbocycles. The largest absolute Gasteiger partial charge is 0.481 e. The van der Waals surface area contributed by atoms with Gasteiger partial charge in [0.25, 0.3) is 0 Å². The molecule has 5 rings (SSSR count). The number of hydrogen-bond donors (Lipinski definition) is 2. The summed E-state index contributed by atoms with van der Waals surface area (Å²) in [7, 11) is 0. The van der Waals surface area contributed by atoms with Gasteiger partial charge in [-0.1, -0.05) is 0 Å². The molecule has 6 nitrogen and oxygen atoms in total. The summed E-state index contributed by atoms with van der Waals surface area (Å²) in [6, 6.07) is 2.27. The molecule has 2 aromatic rings. The van der Waals surface area contributed by atoms with Crippen LogP contribution in [0, 0.1) is 11.8 Å². The van der Waals surface area contributed by atoms with Gasteiger partial charge in [0.2, 0.25) is 0 Å². The number of nitrogens with one attached hydrogen (secondary N) is 1. The van der Waals surface area contributed by atoms with Crippen molar-refractivity contribution in [2.45, 2.75) is 81.8 Å². The predicted molar refractivity (Wildman–Crippen MR) is 120 cm³/mol. The molecule has 0 aromatic carbocycles. The number of pyridine rings is 2. The number of carboxylic acid groups (broad SMARTS) is 1. The highest BCUT2D eigenvalue weighted by molar-refractivity contribution is 5.86. The Hall–Kier alpha value is -2.79. The zero-order valence-electron chi connectivity index (χ0n) is 19.2. The maximum atomic E-state index is 14.1. The molecule has 12 heteroatoms. The van der Waals surface area contributed by atoms with Gasteiger partial charge in [0.1, 0.15) is 5.82 Å². The highest BCUT2D eigenvalue weighted by Crippen LogP contribution is 2.44. The number of halogens is 6. The van der Waals surface area contributed by atoms with Gasteiger partial charge in [-0.15, -0.1) is 0 Å². The van der Waals surface area contributed by atoms with E-state index in [1.165, 1.54) is 12.1 Å². The quantitative estimate of drug-likeness (QED) is 0.485. The monoisotopic (exact) mass is 516 g/mol. The van der Waals surface area contributed by atoms with Crippen molar-refractivity contribution in [3.05, 3.63) is 23.9 Å². The van der Waals surface area contributed by atoms with E-state index in [4.69, 9.17) is 0 Å². The summed E-state index contributed by atoms with van der Waals surface area (Å²) in [5, 5.41) is 12.0. The smallest absolute Gasteiger partial charge is 0.419 e. The number of carbonyl (C=O) groups is 1. The molecule has 2 atom stereocenters. The Morgan fingerprint density at radius 3 is 2.17 bits per heavy atom. The Morgan fingerprint density at radius 1 is 0.972 bits per heavy atom. The van der Waals surface area contributed by atoms with Crippen LogP contribution in [-0.2, 0) is 11.0 Å². The minimum Gasteiger partial charge on any atom is -0.481 e. The standard InChI is InChI=1S/C24H26F6N4O2/c25-23(26,27)13-1-3-14(4-2-13)32-18-11-31-21-17(20(18)24(28,29)30)7-8-19(33-21)34-15-5-6-16(34)10-12(9-15)22(35)36/h7-8,11-16,32H,1-6,9-10H2,(H,35,36). The minimum absolute atomic E-state index is 0.0374. The Balaban J connectivity index is 1.41. The van der Waals surface area contributed by atoms with Crippen LogP contribution in [0.5, 0.6) is 0 Å².